The van der Waals surface area contributed by atoms with Crippen LogP contribution < -0.4 is 10.6 Å². The second kappa shape index (κ2) is 8.11. The van der Waals surface area contributed by atoms with E-state index in [0.717, 1.165) is 12.8 Å². The second-order valence-electron chi connectivity index (χ2n) is 4.74. The normalized spacial score (nSPS) is 12.4. The molecule has 2 amide bonds. The van der Waals surface area contributed by atoms with Gasteiger partial charge in [0.05, 0.1) is 12.6 Å². The van der Waals surface area contributed by atoms with Gasteiger partial charge in [-0.1, -0.05) is 19.9 Å². The number of hydrogen-bond donors (Lipinski definition) is 3. The van der Waals surface area contributed by atoms with Crippen molar-refractivity contribution in [2.45, 2.75) is 32.7 Å². The summed E-state index contributed by atoms with van der Waals surface area (Å²) in [5.74, 6) is 0.452. The number of urea groups is 1. The molecule has 0 saturated heterocycles. The maximum atomic E-state index is 11.6. The van der Waals surface area contributed by atoms with Gasteiger partial charge < -0.3 is 15.7 Å². The van der Waals surface area contributed by atoms with Crippen molar-refractivity contribution in [1.82, 2.24) is 10.6 Å². The summed E-state index contributed by atoms with van der Waals surface area (Å²) in [7, 11) is 0. The maximum absolute atomic E-state index is 11.6. The van der Waals surface area contributed by atoms with Gasteiger partial charge in [0.25, 0.3) is 0 Å². The molecule has 3 N–H and O–H groups in total. The van der Waals surface area contributed by atoms with Gasteiger partial charge in [-0.25, -0.2) is 4.79 Å². The van der Waals surface area contributed by atoms with Gasteiger partial charge in [-0.3, -0.25) is 0 Å². The van der Waals surface area contributed by atoms with Gasteiger partial charge in [-0.15, -0.1) is 11.3 Å². The number of rotatable bonds is 7. The zero-order valence-corrected chi connectivity index (χ0v) is 11.8. The molecule has 0 radical (unpaired) electrons. The number of carbonyl (C=O) groups excluding carboxylic acids is 1. The summed E-state index contributed by atoms with van der Waals surface area (Å²) in [6, 6.07) is 3.70. The Kier molecular flexibility index (Phi) is 6.75. The van der Waals surface area contributed by atoms with Crippen LogP contribution in [0, 0.1) is 5.92 Å². The summed E-state index contributed by atoms with van der Waals surface area (Å²) in [6.07, 6.45) is 1.63. The molecule has 102 valence electrons. The van der Waals surface area contributed by atoms with Crippen LogP contribution >= 0.6 is 11.3 Å². The Balaban J connectivity index is 2.19. The van der Waals surface area contributed by atoms with Crippen LogP contribution in [-0.2, 0) is 6.42 Å². The molecule has 0 bridgehead atoms. The Hall–Kier alpha value is -1.07. The molecule has 1 atom stereocenters. The van der Waals surface area contributed by atoms with Crippen molar-refractivity contribution in [3.8, 4) is 0 Å². The molecule has 18 heavy (non-hydrogen) atoms. The average molecular weight is 270 g/mol. The highest BCUT2D eigenvalue weighted by molar-refractivity contribution is 7.09. The Bertz CT molecular complexity index is 339. The van der Waals surface area contributed by atoms with Gasteiger partial charge in [0, 0.05) is 11.4 Å². The van der Waals surface area contributed by atoms with Crippen LogP contribution in [0.1, 0.15) is 25.1 Å². The molecule has 0 aliphatic heterocycles. The van der Waals surface area contributed by atoms with E-state index in [2.05, 4.69) is 30.5 Å². The van der Waals surface area contributed by atoms with E-state index in [1.165, 1.54) is 4.88 Å². The predicted molar refractivity (Wildman–Crippen MR) is 74.9 cm³/mol. The first-order valence-electron chi connectivity index (χ1n) is 6.29. The number of hydrogen-bond acceptors (Lipinski definition) is 3. The molecule has 0 fully saturated rings. The minimum atomic E-state index is -0.203. The zero-order valence-electron chi connectivity index (χ0n) is 11.0. The van der Waals surface area contributed by atoms with Crippen LogP contribution in [0.25, 0.3) is 0 Å². The molecular formula is C13H22N2O2S. The van der Waals surface area contributed by atoms with Gasteiger partial charge in [0.1, 0.15) is 0 Å². The van der Waals surface area contributed by atoms with Crippen LogP contribution in [0.2, 0.25) is 0 Å². The van der Waals surface area contributed by atoms with E-state index in [1.54, 1.807) is 11.3 Å². The molecule has 0 aliphatic carbocycles. The summed E-state index contributed by atoms with van der Waals surface area (Å²) < 4.78 is 0. The van der Waals surface area contributed by atoms with E-state index in [4.69, 9.17) is 5.11 Å². The Morgan fingerprint density at radius 3 is 2.83 bits per heavy atom. The molecule has 1 aromatic heterocycles. The number of thiophene rings is 1. The van der Waals surface area contributed by atoms with Crippen molar-refractivity contribution in [3.63, 3.8) is 0 Å². The van der Waals surface area contributed by atoms with Gasteiger partial charge in [0.2, 0.25) is 0 Å². The minimum absolute atomic E-state index is 0.0173. The Morgan fingerprint density at radius 2 is 2.28 bits per heavy atom. The smallest absolute Gasteiger partial charge is 0.315 e. The van der Waals surface area contributed by atoms with E-state index < -0.39 is 0 Å². The lowest BCUT2D eigenvalue weighted by molar-refractivity contribution is 0.207. The molecule has 4 nitrogen and oxygen atoms in total. The topological polar surface area (TPSA) is 61.4 Å². The van der Waals surface area contributed by atoms with E-state index in [-0.39, 0.29) is 18.7 Å². The third kappa shape index (κ3) is 6.02. The fourth-order valence-corrected chi connectivity index (χ4v) is 2.45. The van der Waals surface area contributed by atoms with Crippen molar-refractivity contribution in [2.24, 2.45) is 5.92 Å². The Morgan fingerprint density at radius 1 is 1.50 bits per heavy atom. The SMILES string of the molecule is CC(C)CC(CO)NC(=O)NCCc1cccs1. The standard InChI is InChI=1S/C13H22N2O2S/c1-10(2)8-11(9-16)15-13(17)14-6-5-12-4-3-7-18-12/h3-4,7,10-11,16H,5-6,8-9H2,1-2H3,(H2,14,15,17). The van der Waals surface area contributed by atoms with Gasteiger partial charge in [-0.2, -0.15) is 0 Å². The van der Waals surface area contributed by atoms with Crippen molar-refractivity contribution in [1.29, 1.82) is 0 Å². The summed E-state index contributed by atoms with van der Waals surface area (Å²) >= 11 is 1.69. The van der Waals surface area contributed by atoms with Crippen LogP contribution in [-0.4, -0.2) is 30.3 Å². The summed E-state index contributed by atoms with van der Waals surface area (Å²) in [4.78, 5) is 12.9. The first-order valence-corrected chi connectivity index (χ1v) is 7.17. The van der Waals surface area contributed by atoms with E-state index in [0.29, 0.717) is 12.5 Å². The molecule has 0 aliphatic rings. The highest BCUT2D eigenvalue weighted by atomic mass is 32.1. The zero-order chi connectivity index (χ0) is 13.4. The summed E-state index contributed by atoms with van der Waals surface area (Å²) in [5, 5.41) is 16.8. The van der Waals surface area contributed by atoms with Crippen LogP contribution in [0.5, 0.6) is 0 Å². The molecular weight excluding hydrogens is 248 g/mol. The second-order valence-corrected chi connectivity index (χ2v) is 5.77. The first-order chi connectivity index (χ1) is 8.61. The fourth-order valence-electron chi connectivity index (χ4n) is 1.74. The molecule has 1 rings (SSSR count). The van der Waals surface area contributed by atoms with Crippen LogP contribution in [0.4, 0.5) is 4.79 Å². The highest BCUT2D eigenvalue weighted by Crippen LogP contribution is 2.08. The lowest BCUT2D eigenvalue weighted by atomic mass is 10.0. The number of carbonyl (C=O) groups is 1. The van der Waals surface area contributed by atoms with Crippen molar-refractivity contribution >= 4 is 17.4 Å². The van der Waals surface area contributed by atoms with Crippen molar-refractivity contribution < 1.29 is 9.90 Å². The number of aliphatic hydroxyl groups is 1. The number of aliphatic hydroxyl groups excluding tert-OH is 1. The van der Waals surface area contributed by atoms with E-state index in [1.807, 2.05) is 11.4 Å². The molecule has 1 aromatic rings. The van der Waals surface area contributed by atoms with Gasteiger partial charge in [0.15, 0.2) is 0 Å². The van der Waals surface area contributed by atoms with Crippen molar-refractivity contribution in [2.75, 3.05) is 13.2 Å². The molecule has 0 spiro atoms. The highest BCUT2D eigenvalue weighted by Gasteiger charge is 2.12. The molecule has 0 aromatic carbocycles. The monoisotopic (exact) mass is 270 g/mol. The van der Waals surface area contributed by atoms with E-state index >= 15 is 0 Å². The predicted octanol–water partition coefficient (Wildman–Crippen LogP) is 2.00. The molecule has 0 saturated carbocycles. The Labute approximate surface area is 112 Å². The van der Waals surface area contributed by atoms with E-state index in [9.17, 15) is 4.79 Å². The summed E-state index contributed by atoms with van der Waals surface area (Å²) in [6.45, 7) is 4.74. The third-order valence-electron chi connectivity index (χ3n) is 2.55. The van der Waals surface area contributed by atoms with Crippen LogP contribution in [0.15, 0.2) is 17.5 Å². The fraction of sp³-hybridized carbons (Fsp3) is 0.615. The van der Waals surface area contributed by atoms with Gasteiger partial charge >= 0.3 is 6.03 Å². The molecule has 5 heteroatoms. The van der Waals surface area contributed by atoms with Gasteiger partial charge in [-0.05, 0) is 30.2 Å². The van der Waals surface area contributed by atoms with Crippen LogP contribution in [0.3, 0.4) is 0 Å². The molecule has 1 heterocycles. The molecule has 1 unspecified atom stereocenters. The van der Waals surface area contributed by atoms with Crippen molar-refractivity contribution in [3.05, 3.63) is 22.4 Å². The summed E-state index contributed by atoms with van der Waals surface area (Å²) in [5.41, 5.74) is 0. The minimum Gasteiger partial charge on any atom is -0.394 e. The maximum Gasteiger partial charge on any atom is 0.315 e. The lowest BCUT2D eigenvalue weighted by Gasteiger charge is -2.18. The third-order valence-corrected chi connectivity index (χ3v) is 3.48. The largest absolute Gasteiger partial charge is 0.394 e. The number of nitrogens with one attached hydrogen (secondary N) is 2. The lowest BCUT2D eigenvalue weighted by Crippen LogP contribution is -2.44. The average Bonchev–Trinajstić information content (AvgIpc) is 2.80. The quantitative estimate of drug-likeness (QED) is 0.709. The number of amides is 2. The first kappa shape index (κ1) is 15.0.